The maximum atomic E-state index is 12.8. The lowest BCUT2D eigenvalue weighted by Gasteiger charge is -2.28. The lowest BCUT2D eigenvalue weighted by atomic mass is 9.83. The van der Waals surface area contributed by atoms with E-state index in [1.54, 1.807) is 24.3 Å². The van der Waals surface area contributed by atoms with Gasteiger partial charge in [0.05, 0.1) is 5.41 Å². The molecule has 90 valence electrons. The molecule has 0 saturated carbocycles. The van der Waals surface area contributed by atoms with Crippen molar-refractivity contribution in [1.29, 1.82) is 0 Å². The summed E-state index contributed by atoms with van der Waals surface area (Å²) in [4.78, 5) is 0. The number of hydrogen-bond donors (Lipinski definition) is 0. The minimum atomic E-state index is -4.22. The third-order valence-electron chi connectivity index (χ3n) is 3.01. The summed E-state index contributed by atoms with van der Waals surface area (Å²) in [6, 6.07) is 6.69. The highest BCUT2D eigenvalue weighted by atomic mass is 19.4. The topological polar surface area (TPSA) is 0 Å². The van der Waals surface area contributed by atoms with Crippen molar-refractivity contribution in [2.24, 2.45) is 0 Å². The van der Waals surface area contributed by atoms with Gasteiger partial charge in [0.25, 0.3) is 0 Å². The van der Waals surface area contributed by atoms with Crippen LogP contribution in [0.25, 0.3) is 0 Å². The molecule has 3 heteroatoms. The Balaban J connectivity index is 3.07. The van der Waals surface area contributed by atoms with Crippen molar-refractivity contribution < 1.29 is 13.2 Å². The van der Waals surface area contributed by atoms with Crippen molar-refractivity contribution in [2.45, 2.75) is 45.2 Å². The average Bonchev–Trinajstić information content (AvgIpc) is 2.16. The summed E-state index contributed by atoms with van der Waals surface area (Å²) in [6.07, 6.45) is -4.22. The standard InChI is InChI=1S/C13H17F3/c1-9(2)10-5-7-11(8-6-10)12(3,4)13(14,15)16/h5-9H,1-4H3. The molecule has 0 amide bonds. The van der Waals surface area contributed by atoms with Crippen LogP contribution in [0.2, 0.25) is 0 Å². The minimum absolute atomic E-state index is 0.310. The molecule has 0 aliphatic carbocycles. The maximum absolute atomic E-state index is 12.8. The van der Waals surface area contributed by atoms with Gasteiger partial charge in [0.15, 0.2) is 0 Å². The smallest absolute Gasteiger partial charge is 0.170 e. The van der Waals surface area contributed by atoms with Gasteiger partial charge in [-0.2, -0.15) is 13.2 Å². The molecule has 0 aliphatic heterocycles. The van der Waals surface area contributed by atoms with Gasteiger partial charge in [-0.25, -0.2) is 0 Å². The Bertz CT molecular complexity index is 344. The summed E-state index contributed by atoms with van der Waals surface area (Å²) in [6.45, 7) is 6.45. The van der Waals surface area contributed by atoms with Crippen LogP contribution in [0.4, 0.5) is 13.2 Å². The molecule has 0 radical (unpaired) electrons. The zero-order valence-corrected chi connectivity index (χ0v) is 10.0. The molecule has 0 N–H and O–H groups in total. The van der Waals surface area contributed by atoms with E-state index in [9.17, 15) is 13.2 Å². The van der Waals surface area contributed by atoms with Crippen molar-refractivity contribution in [1.82, 2.24) is 0 Å². The predicted octanol–water partition coefficient (Wildman–Crippen LogP) is 4.65. The molecule has 0 atom stereocenters. The molecule has 0 saturated heterocycles. The Morgan fingerprint density at radius 3 is 1.69 bits per heavy atom. The summed E-state index contributed by atoms with van der Waals surface area (Å²) in [5.41, 5.74) is -0.422. The Labute approximate surface area is 94.5 Å². The SMILES string of the molecule is CC(C)c1ccc(C(C)(C)C(F)(F)F)cc1. The van der Waals surface area contributed by atoms with Gasteiger partial charge in [0, 0.05) is 0 Å². The average molecular weight is 230 g/mol. The number of rotatable bonds is 2. The number of benzene rings is 1. The molecule has 0 fully saturated rings. The van der Waals surface area contributed by atoms with Gasteiger partial charge in [0.2, 0.25) is 0 Å². The summed E-state index contributed by atoms with van der Waals surface area (Å²) < 4.78 is 38.3. The van der Waals surface area contributed by atoms with E-state index in [0.717, 1.165) is 5.56 Å². The zero-order chi connectivity index (χ0) is 12.6. The van der Waals surface area contributed by atoms with Gasteiger partial charge >= 0.3 is 6.18 Å². The first kappa shape index (κ1) is 13.1. The first-order valence-corrected chi connectivity index (χ1v) is 5.33. The number of alkyl halides is 3. The van der Waals surface area contributed by atoms with E-state index in [0.29, 0.717) is 11.5 Å². The van der Waals surface area contributed by atoms with Crippen LogP contribution in [0.1, 0.15) is 44.7 Å². The lowest BCUT2D eigenvalue weighted by Crippen LogP contribution is -2.36. The lowest BCUT2D eigenvalue weighted by molar-refractivity contribution is -0.180. The van der Waals surface area contributed by atoms with Gasteiger partial charge in [-0.1, -0.05) is 38.1 Å². The number of halogens is 3. The van der Waals surface area contributed by atoms with E-state index < -0.39 is 11.6 Å². The van der Waals surface area contributed by atoms with Crippen LogP contribution in [-0.2, 0) is 5.41 Å². The fourth-order valence-corrected chi connectivity index (χ4v) is 1.45. The Morgan fingerprint density at radius 2 is 1.38 bits per heavy atom. The van der Waals surface area contributed by atoms with Crippen LogP contribution in [0, 0.1) is 0 Å². The maximum Gasteiger partial charge on any atom is 0.397 e. The van der Waals surface area contributed by atoms with Gasteiger partial charge in [-0.3, -0.25) is 0 Å². The molecule has 0 bridgehead atoms. The molecule has 1 aromatic rings. The molecule has 0 aliphatic rings. The van der Waals surface area contributed by atoms with Gasteiger partial charge in [0.1, 0.15) is 0 Å². The molecule has 0 heterocycles. The second-order valence-electron chi connectivity index (χ2n) is 4.90. The van der Waals surface area contributed by atoms with Crippen LogP contribution >= 0.6 is 0 Å². The predicted molar refractivity (Wildman–Crippen MR) is 59.6 cm³/mol. The van der Waals surface area contributed by atoms with Crippen LogP contribution < -0.4 is 0 Å². The third-order valence-corrected chi connectivity index (χ3v) is 3.01. The molecule has 1 rings (SSSR count). The second kappa shape index (κ2) is 4.11. The quantitative estimate of drug-likeness (QED) is 0.693. The van der Waals surface area contributed by atoms with Gasteiger partial charge < -0.3 is 0 Å². The highest BCUT2D eigenvalue weighted by Gasteiger charge is 2.48. The minimum Gasteiger partial charge on any atom is -0.170 e. The zero-order valence-electron chi connectivity index (χ0n) is 10.0. The van der Waals surface area contributed by atoms with E-state index in [1.165, 1.54) is 13.8 Å². The van der Waals surface area contributed by atoms with E-state index in [1.807, 2.05) is 13.8 Å². The third kappa shape index (κ3) is 2.39. The summed E-state index contributed by atoms with van der Waals surface area (Å²) in [7, 11) is 0. The van der Waals surface area contributed by atoms with Crippen LogP contribution in [0.5, 0.6) is 0 Å². The normalized spacial score (nSPS) is 13.2. The largest absolute Gasteiger partial charge is 0.397 e. The molecular formula is C13H17F3. The van der Waals surface area contributed by atoms with Crippen LogP contribution in [0.3, 0.4) is 0 Å². The molecule has 0 aromatic heterocycles. The molecule has 0 unspecified atom stereocenters. The highest BCUT2D eigenvalue weighted by Crippen LogP contribution is 2.40. The van der Waals surface area contributed by atoms with Crippen molar-refractivity contribution >= 4 is 0 Å². The van der Waals surface area contributed by atoms with Gasteiger partial charge in [-0.05, 0) is 30.9 Å². The van der Waals surface area contributed by atoms with Crippen molar-refractivity contribution in [3.8, 4) is 0 Å². The van der Waals surface area contributed by atoms with Crippen molar-refractivity contribution in [2.75, 3.05) is 0 Å². The summed E-state index contributed by atoms with van der Waals surface area (Å²) in [5.74, 6) is 0.336. The summed E-state index contributed by atoms with van der Waals surface area (Å²) >= 11 is 0. The molecule has 1 aromatic carbocycles. The fraction of sp³-hybridized carbons (Fsp3) is 0.538. The van der Waals surface area contributed by atoms with Gasteiger partial charge in [-0.15, -0.1) is 0 Å². The second-order valence-corrected chi connectivity index (χ2v) is 4.90. The van der Waals surface area contributed by atoms with E-state index in [4.69, 9.17) is 0 Å². The fourth-order valence-electron chi connectivity index (χ4n) is 1.45. The van der Waals surface area contributed by atoms with E-state index >= 15 is 0 Å². The van der Waals surface area contributed by atoms with E-state index in [-0.39, 0.29) is 0 Å². The number of hydrogen-bond acceptors (Lipinski definition) is 0. The Hall–Kier alpha value is -0.990. The first-order chi connectivity index (χ1) is 7.16. The van der Waals surface area contributed by atoms with Crippen LogP contribution in [0.15, 0.2) is 24.3 Å². The monoisotopic (exact) mass is 230 g/mol. The van der Waals surface area contributed by atoms with E-state index in [2.05, 4.69) is 0 Å². The first-order valence-electron chi connectivity index (χ1n) is 5.33. The molecule has 16 heavy (non-hydrogen) atoms. The van der Waals surface area contributed by atoms with Crippen molar-refractivity contribution in [3.63, 3.8) is 0 Å². The molecular weight excluding hydrogens is 213 g/mol. The van der Waals surface area contributed by atoms with Crippen molar-refractivity contribution in [3.05, 3.63) is 35.4 Å². The molecule has 0 nitrogen and oxygen atoms in total. The Kier molecular flexibility index (Phi) is 3.36. The highest BCUT2D eigenvalue weighted by molar-refractivity contribution is 5.30. The molecule has 0 spiro atoms. The van der Waals surface area contributed by atoms with Crippen LogP contribution in [-0.4, -0.2) is 6.18 Å². The summed E-state index contributed by atoms with van der Waals surface area (Å²) in [5, 5.41) is 0. The Morgan fingerprint density at radius 1 is 0.938 bits per heavy atom.